The zero-order valence-electron chi connectivity index (χ0n) is 14.2. The van der Waals surface area contributed by atoms with Gasteiger partial charge in [-0.3, -0.25) is 5.10 Å². The van der Waals surface area contributed by atoms with Crippen LogP contribution >= 0.6 is 0 Å². The van der Waals surface area contributed by atoms with Gasteiger partial charge in [-0.15, -0.1) is 0 Å². The average Bonchev–Trinajstić information content (AvgIpc) is 3.14. The number of nitrogens with zero attached hydrogens (tertiary/aromatic N) is 2. The molecule has 7 nitrogen and oxygen atoms in total. The zero-order chi connectivity index (χ0) is 17.3. The topological polar surface area (TPSA) is 81.3 Å². The molecule has 0 aliphatic rings. The summed E-state index contributed by atoms with van der Waals surface area (Å²) in [6.07, 6.45) is 1.68. The second-order valence-corrected chi connectivity index (χ2v) is 5.29. The van der Waals surface area contributed by atoms with Gasteiger partial charge in [-0.25, -0.2) is 0 Å². The molecule has 25 heavy (non-hydrogen) atoms. The summed E-state index contributed by atoms with van der Waals surface area (Å²) in [4.78, 5) is 4.56. The molecule has 0 fully saturated rings. The van der Waals surface area contributed by atoms with E-state index in [9.17, 15) is 0 Å². The first-order valence-corrected chi connectivity index (χ1v) is 8.31. The van der Waals surface area contributed by atoms with Crippen molar-refractivity contribution in [2.24, 2.45) is 0 Å². The summed E-state index contributed by atoms with van der Waals surface area (Å²) in [5.41, 5.74) is 0. The lowest BCUT2D eigenvalue weighted by molar-refractivity contribution is 0.0401. The Balaban J connectivity index is 1.65. The van der Waals surface area contributed by atoms with E-state index in [4.69, 9.17) is 14.2 Å². The summed E-state index contributed by atoms with van der Waals surface area (Å²) in [5, 5.41) is 12.0. The highest BCUT2D eigenvalue weighted by molar-refractivity contribution is 5.89. The largest absolute Gasteiger partial charge is 0.475 e. The van der Waals surface area contributed by atoms with Crippen molar-refractivity contribution in [1.29, 1.82) is 0 Å². The molecular weight excluding hydrogens is 320 g/mol. The second-order valence-electron chi connectivity index (χ2n) is 5.29. The number of hydrogen-bond acceptors (Lipinski definition) is 6. The van der Waals surface area contributed by atoms with Gasteiger partial charge in [0, 0.05) is 18.1 Å². The van der Waals surface area contributed by atoms with Crippen LogP contribution in [0.1, 0.15) is 6.92 Å². The number of H-pyrrole nitrogens is 1. The van der Waals surface area contributed by atoms with E-state index in [2.05, 4.69) is 20.5 Å². The van der Waals surface area contributed by atoms with Crippen LogP contribution in [0.25, 0.3) is 10.8 Å². The highest BCUT2D eigenvalue weighted by Crippen LogP contribution is 2.27. The van der Waals surface area contributed by atoms with Gasteiger partial charge in [0.2, 0.25) is 5.88 Å². The van der Waals surface area contributed by atoms with Crippen LogP contribution in [0, 0.1) is 0 Å². The first kappa shape index (κ1) is 17.2. The fourth-order valence-corrected chi connectivity index (χ4v) is 2.37. The number of nitrogens with one attached hydrogen (secondary N) is 2. The highest BCUT2D eigenvalue weighted by atomic mass is 16.5. The maximum atomic E-state index is 5.84. The Morgan fingerprint density at radius 2 is 1.88 bits per heavy atom. The fraction of sp³-hybridized carbons (Fsp3) is 0.333. The molecular formula is C18H22N4O3. The zero-order valence-corrected chi connectivity index (χ0v) is 14.2. The first-order valence-electron chi connectivity index (χ1n) is 8.31. The minimum absolute atomic E-state index is 0.427. The van der Waals surface area contributed by atoms with Crippen LogP contribution in [0.2, 0.25) is 0 Å². The molecule has 0 bridgehead atoms. The Morgan fingerprint density at radius 3 is 2.72 bits per heavy atom. The molecule has 1 aromatic carbocycles. The molecule has 132 valence electrons. The van der Waals surface area contributed by atoms with Gasteiger partial charge in [0.15, 0.2) is 0 Å². The van der Waals surface area contributed by atoms with Gasteiger partial charge in [-0.1, -0.05) is 18.2 Å². The molecule has 0 radical (unpaired) electrons. The third-order valence-corrected chi connectivity index (χ3v) is 3.51. The molecule has 0 aliphatic heterocycles. The first-order chi connectivity index (χ1) is 12.4. The Hall–Kier alpha value is -2.64. The van der Waals surface area contributed by atoms with Crippen LogP contribution in [0.5, 0.6) is 5.88 Å². The Kier molecular flexibility index (Phi) is 6.19. The van der Waals surface area contributed by atoms with Crippen LogP contribution in [-0.4, -0.2) is 48.2 Å². The third kappa shape index (κ3) is 4.91. The molecule has 3 aromatic rings. The predicted octanol–water partition coefficient (Wildman–Crippen LogP) is 3.13. The summed E-state index contributed by atoms with van der Waals surface area (Å²) in [7, 11) is 0. The third-order valence-electron chi connectivity index (χ3n) is 3.51. The minimum atomic E-state index is 0.427. The van der Waals surface area contributed by atoms with Crippen LogP contribution in [0.3, 0.4) is 0 Å². The van der Waals surface area contributed by atoms with E-state index in [-0.39, 0.29) is 0 Å². The summed E-state index contributed by atoms with van der Waals surface area (Å²) >= 11 is 0. The second kappa shape index (κ2) is 9.00. The predicted molar refractivity (Wildman–Crippen MR) is 96.4 cm³/mol. The Labute approximate surface area is 146 Å². The van der Waals surface area contributed by atoms with Gasteiger partial charge >= 0.3 is 0 Å². The van der Waals surface area contributed by atoms with Gasteiger partial charge in [0.05, 0.1) is 26.0 Å². The SMILES string of the molecule is CCOCCOCCOc1nc(Nc2ccn[nH]2)cc2ccccc12. The van der Waals surface area contributed by atoms with Crippen LogP contribution < -0.4 is 10.1 Å². The molecule has 0 aliphatic carbocycles. The fourth-order valence-electron chi connectivity index (χ4n) is 2.37. The summed E-state index contributed by atoms with van der Waals surface area (Å²) in [6, 6.07) is 11.8. The number of hydrogen-bond donors (Lipinski definition) is 2. The van der Waals surface area contributed by atoms with E-state index < -0.39 is 0 Å². The van der Waals surface area contributed by atoms with E-state index in [1.165, 1.54) is 0 Å². The van der Waals surface area contributed by atoms with Crippen LogP contribution in [0.4, 0.5) is 11.6 Å². The van der Waals surface area contributed by atoms with Crippen LogP contribution in [0.15, 0.2) is 42.6 Å². The van der Waals surface area contributed by atoms with Gasteiger partial charge < -0.3 is 19.5 Å². The summed E-state index contributed by atoms with van der Waals surface area (Å²) in [5.74, 6) is 2.04. The summed E-state index contributed by atoms with van der Waals surface area (Å²) in [6.45, 7) is 4.74. The maximum Gasteiger partial charge on any atom is 0.223 e. The molecule has 0 unspecified atom stereocenters. The standard InChI is InChI=1S/C18H22N4O3/c1-2-23-9-10-24-11-12-25-18-15-6-4-3-5-14(15)13-17(21-18)20-16-7-8-19-22-16/h3-8,13H,2,9-12H2,1H3,(H2,19,20,21,22). The molecule has 0 atom stereocenters. The Morgan fingerprint density at radius 1 is 1.04 bits per heavy atom. The van der Waals surface area contributed by atoms with Crippen molar-refractivity contribution < 1.29 is 14.2 Å². The molecule has 0 amide bonds. The van der Waals surface area contributed by atoms with Gasteiger partial charge in [0.25, 0.3) is 0 Å². The number of anilines is 2. The molecule has 7 heteroatoms. The number of ether oxygens (including phenoxy) is 3. The van der Waals surface area contributed by atoms with Crippen LogP contribution in [-0.2, 0) is 9.47 Å². The van der Waals surface area contributed by atoms with E-state index in [1.807, 2.05) is 43.3 Å². The van der Waals surface area contributed by atoms with E-state index in [1.54, 1.807) is 6.20 Å². The quantitative estimate of drug-likeness (QED) is 0.551. The van der Waals surface area contributed by atoms with Crippen molar-refractivity contribution in [3.63, 3.8) is 0 Å². The molecule has 0 saturated carbocycles. The molecule has 2 heterocycles. The lowest BCUT2D eigenvalue weighted by Gasteiger charge is -2.11. The number of pyridine rings is 1. The average molecular weight is 342 g/mol. The number of rotatable bonds is 10. The monoisotopic (exact) mass is 342 g/mol. The molecule has 2 N–H and O–H groups in total. The van der Waals surface area contributed by atoms with Crippen molar-refractivity contribution in [3.8, 4) is 5.88 Å². The Bertz CT molecular complexity index is 777. The van der Waals surface area contributed by atoms with Crippen molar-refractivity contribution in [2.75, 3.05) is 38.4 Å². The van der Waals surface area contributed by atoms with E-state index in [0.29, 0.717) is 44.7 Å². The van der Waals surface area contributed by atoms with Crippen molar-refractivity contribution in [3.05, 3.63) is 42.6 Å². The van der Waals surface area contributed by atoms with Gasteiger partial charge in [-0.05, 0) is 24.4 Å². The lowest BCUT2D eigenvalue weighted by atomic mass is 10.1. The maximum absolute atomic E-state index is 5.84. The highest BCUT2D eigenvalue weighted by Gasteiger charge is 2.08. The molecule has 3 rings (SSSR count). The normalized spacial score (nSPS) is 10.9. The number of aromatic nitrogens is 3. The molecule has 0 spiro atoms. The van der Waals surface area contributed by atoms with Crippen molar-refractivity contribution in [1.82, 2.24) is 15.2 Å². The lowest BCUT2D eigenvalue weighted by Crippen LogP contribution is -2.11. The molecule has 0 saturated heterocycles. The van der Waals surface area contributed by atoms with E-state index >= 15 is 0 Å². The minimum Gasteiger partial charge on any atom is -0.475 e. The van der Waals surface area contributed by atoms with Crippen molar-refractivity contribution in [2.45, 2.75) is 6.92 Å². The number of aromatic amines is 1. The van der Waals surface area contributed by atoms with Crippen molar-refractivity contribution >= 4 is 22.4 Å². The van der Waals surface area contributed by atoms with Gasteiger partial charge in [0.1, 0.15) is 18.2 Å². The molecule has 2 aromatic heterocycles. The summed E-state index contributed by atoms with van der Waals surface area (Å²) < 4.78 is 16.5. The van der Waals surface area contributed by atoms with Gasteiger partial charge in [-0.2, -0.15) is 10.1 Å². The number of benzene rings is 1. The number of fused-ring (bicyclic) bond motifs is 1. The smallest absolute Gasteiger partial charge is 0.223 e. The van der Waals surface area contributed by atoms with E-state index in [0.717, 1.165) is 16.6 Å².